The van der Waals surface area contributed by atoms with Gasteiger partial charge in [-0.25, -0.2) is 18.7 Å². The molecule has 0 bridgehead atoms. The molecule has 1 amide bonds. The van der Waals surface area contributed by atoms with Crippen molar-refractivity contribution in [3.05, 3.63) is 105 Å². The van der Waals surface area contributed by atoms with Crippen molar-refractivity contribution >= 4 is 17.2 Å². The molecule has 3 heterocycles. The average molecular weight is 502 g/mol. The van der Waals surface area contributed by atoms with Crippen molar-refractivity contribution in [3.63, 3.8) is 0 Å². The molecule has 0 spiro atoms. The van der Waals surface area contributed by atoms with E-state index in [0.717, 1.165) is 16.8 Å². The van der Waals surface area contributed by atoms with Gasteiger partial charge in [-0.1, -0.05) is 0 Å². The molecule has 0 fully saturated rings. The Kier molecular flexibility index (Phi) is 5.97. The van der Waals surface area contributed by atoms with Gasteiger partial charge in [0.25, 0.3) is 11.5 Å². The molecule has 0 aliphatic rings. The predicted octanol–water partition coefficient (Wildman–Crippen LogP) is 3.07. The summed E-state index contributed by atoms with van der Waals surface area (Å²) in [7, 11) is 1.48. The monoisotopic (exact) mass is 502 g/mol. The van der Waals surface area contributed by atoms with Crippen molar-refractivity contribution in [3.8, 4) is 23.1 Å². The molecule has 0 atom stereocenters. The molecule has 0 aliphatic carbocycles. The molecular formula is C25H19FN6O5. The number of H-pyrrole nitrogens is 1. The number of ether oxygens (including phenoxy) is 2. The summed E-state index contributed by atoms with van der Waals surface area (Å²) in [6.07, 6.45) is 2.55. The Bertz CT molecular complexity index is 1760. The molecule has 186 valence electrons. The Morgan fingerprint density at radius 3 is 2.59 bits per heavy atom. The van der Waals surface area contributed by atoms with E-state index in [9.17, 15) is 18.8 Å². The number of carbonyl (C=O) groups excluding carboxylic acids is 1. The summed E-state index contributed by atoms with van der Waals surface area (Å²) in [6, 6.07) is 13.3. The van der Waals surface area contributed by atoms with Crippen molar-refractivity contribution in [2.75, 3.05) is 12.4 Å². The number of nitrogens with zero attached hydrogens (tertiary/aromatic N) is 4. The molecule has 0 unspecified atom stereocenters. The SMILES string of the molecule is COc1ccc(-n2c(=O)[nH]cc(C(=O)Nc3ccc(Oc4cc(C)nc5ccnn45)c(F)c3)c2=O)cc1. The van der Waals surface area contributed by atoms with Crippen LogP contribution in [0.25, 0.3) is 11.3 Å². The number of carbonyl (C=O) groups is 1. The van der Waals surface area contributed by atoms with Crippen molar-refractivity contribution < 1.29 is 18.7 Å². The molecule has 5 rings (SSSR count). The Balaban J connectivity index is 1.39. The second kappa shape index (κ2) is 9.41. The van der Waals surface area contributed by atoms with Gasteiger partial charge in [0.1, 0.15) is 11.3 Å². The van der Waals surface area contributed by atoms with E-state index < -0.39 is 23.0 Å². The van der Waals surface area contributed by atoms with Gasteiger partial charge >= 0.3 is 5.69 Å². The number of methoxy groups -OCH3 is 1. The lowest BCUT2D eigenvalue weighted by molar-refractivity contribution is 0.102. The van der Waals surface area contributed by atoms with Gasteiger partial charge in [0.05, 0.1) is 19.0 Å². The van der Waals surface area contributed by atoms with Gasteiger partial charge in [0, 0.05) is 35.8 Å². The highest BCUT2D eigenvalue weighted by Gasteiger charge is 2.17. The van der Waals surface area contributed by atoms with Crippen LogP contribution < -0.4 is 26.0 Å². The summed E-state index contributed by atoms with van der Waals surface area (Å²) in [5.41, 5.74) is -0.392. The summed E-state index contributed by atoms with van der Waals surface area (Å²) in [5, 5.41) is 6.58. The first-order valence-corrected chi connectivity index (χ1v) is 10.9. The highest BCUT2D eigenvalue weighted by molar-refractivity contribution is 6.03. The number of hydrogen-bond acceptors (Lipinski definition) is 7. The average Bonchev–Trinajstić information content (AvgIpc) is 3.35. The van der Waals surface area contributed by atoms with E-state index in [0.29, 0.717) is 17.1 Å². The van der Waals surface area contributed by atoms with E-state index in [1.165, 1.54) is 35.9 Å². The number of benzene rings is 2. The van der Waals surface area contributed by atoms with Crippen LogP contribution in [0.1, 0.15) is 16.1 Å². The maximum atomic E-state index is 14.8. The highest BCUT2D eigenvalue weighted by atomic mass is 19.1. The largest absolute Gasteiger partial charge is 0.497 e. The number of aryl methyl sites for hydroxylation is 1. The molecule has 0 radical (unpaired) electrons. The number of anilines is 1. The number of aromatic amines is 1. The molecule has 3 aromatic heterocycles. The summed E-state index contributed by atoms with van der Waals surface area (Å²) in [4.78, 5) is 44.8. The van der Waals surface area contributed by atoms with Gasteiger partial charge in [0.15, 0.2) is 17.2 Å². The van der Waals surface area contributed by atoms with Gasteiger partial charge in [-0.15, -0.1) is 0 Å². The quantitative estimate of drug-likeness (QED) is 0.365. The molecule has 0 aliphatic heterocycles. The van der Waals surface area contributed by atoms with Crippen LogP contribution in [0.3, 0.4) is 0 Å². The lowest BCUT2D eigenvalue weighted by Gasteiger charge is -2.11. The van der Waals surface area contributed by atoms with Crippen LogP contribution in [0.5, 0.6) is 17.4 Å². The summed E-state index contributed by atoms with van der Waals surface area (Å²) < 4.78 is 27.9. The fourth-order valence-corrected chi connectivity index (χ4v) is 3.65. The van der Waals surface area contributed by atoms with Gasteiger partial charge in [0.2, 0.25) is 5.88 Å². The van der Waals surface area contributed by atoms with E-state index in [1.54, 1.807) is 37.4 Å². The van der Waals surface area contributed by atoms with Gasteiger partial charge < -0.3 is 19.8 Å². The topological polar surface area (TPSA) is 133 Å². The van der Waals surface area contributed by atoms with Crippen LogP contribution in [0.15, 0.2) is 76.6 Å². The normalized spacial score (nSPS) is 10.9. The lowest BCUT2D eigenvalue weighted by atomic mass is 10.2. The van der Waals surface area contributed by atoms with E-state index in [4.69, 9.17) is 9.47 Å². The Morgan fingerprint density at radius 1 is 1.08 bits per heavy atom. The number of nitrogens with one attached hydrogen (secondary N) is 2. The van der Waals surface area contributed by atoms with Gasteiger partial charge in [-0.2, -0.15) is 9.61 Å². The first-order chi connectivity index (χ1) is 17.8. The first kappa shape index (κ1) is 23.5. The maximum absolute atomic E-state index is 14.8. The summed E-state index contributed by atoms with van der Waals surface area (Å²) in [6.45, 7) is 1.77. The van der Waals surface area contributed by atoms with E-state index in [-0.39, 0.29) is 28.6 Å². The summed E-state index contributed by atoms with van der Waals surface area (Å²) in [5.74, 6) is -0.907. The van der Waals surface area contributed by atoms with Crippen molar-refractivity contribution in [1.29, 1.82) is 0 Å². The van der Waals surface area contributed by atoms with E-state index >= 15 is 0 Å². The van der Waals surface area contributed by atoms with E-state index in [2.05, 4.69) is 20.4 Å². The fraction of sp³-hybridized carbons (Fsp3) is 0.0800. The Labute approximate surface area is 207 Å². The minimum absolute atomic E-state index is 0.0755. The van der Waals surface area contributed by atoms with Crippen LogP contribution >= 0.6 is 0 Å². The molecule has 5 aromatic rings. The van der Waals surface area contributed by atoms with Crippen LogP contribution in [0.2, 0.25) is 0 Å². The number of fused-ring (bicyclic) bond motifs is 1. The van der Waals surface area contributed by atoms with E-state index in [1.807, 2.05) is 0 Å². The van der Waals surface area contributed by atoms with Crippen molar-refractivity contribution in [2.45, 2.75) is 6.92 Å². The third-order valence-corrected chi connectivity index (χ3v) is 5.41. The minimum atomic E-state index is -0.844. The van der Waals surface area contributed by atoms with Crippen LogP contribution in [-0.4, -0.2) is 37.2 Å². The molecule has 11 nitrogen and oxygen atoms in total. The molecule has 2 N–H and O–H groups in total. The zero-order valence-corrected chi connectivity index (χ0v) is 19.6. The zero-order valence-electron chi connectivity index (χ0n) is 19.6. The third-order valence-electron chi connectivity index (χ3n) is 5.41. The number of aromatic nitrogens is 5. The lowest BCUT2D eigenvalue weighted by Crippen LogP contribution is -2.38. The number of rotatable bonds is 6. The smallest absolute Gasteiger partial charge is 0.333 e. The van der Waals surface area contributed by atoms with Gasteiger partial charge in [-0.05, 0) is 43.3 Å². The van der Waals surface area contributed by atoms with Crippen LogP contribution in [-0.2, 0) is 0 Å². The maximum Gasteiger partial charge on any atom is 0.333 e. The molecular weight excluding hydrogens is 483 g/mol. The van der Waals surface area contributed by atoms with Gasteiger partial charge in [-0.3, -0.25) is 9.59 Å². The van der Waals surface area contributed by atoms with Crippen LogP contribution in [0.4, 0.5) is 10.1 Å². The molecule has 12 heteroatoms. The Morgan fingerprint density at radius 2 is 1.86 bits per heavy atom. The number of halogens is 1. The van der Waals surface area contributed by atoms with Crippen LogP contribution in [0, 0.1) is 12.7 Å². The fourth-order valence-electron chi connectivity index (χ4n) is 3.65. The summed E-state index contributed by atoms with van der Waals surface area (Å²) >= 11 is 0. The zero-order chi connectivity index (χ0) is 26.1. The second-order valence-electron chi connectivity index (χ2n) is 7.88. The molecule has 2 aromatic carbocycles. The second-order valence-corrected chi connectivity index (χ2v) is 7.88. The van der Waals surface area contributed by atoms with Crippen molar-refractivity contribution in [2.24, 2.45) is 0 Å². The number of hydrogen-bond donors (Lipinski definition) is 2. The Hall–Kier alpha value is -5.26. The first-order valence-electron chi connectivity index (χ1n) is 10.9. The van der Waals surface area contributed by atoms with Crippen molar-refractivity contribution in [1.82, 2.24) is 24.1 Å². The number of amides is 1. The molecule has 0 saturated carbocycles. The molecule has 0 saturated heterocycles. The highest BCUT2D eigenvalue weighted by Crippen LogP contribution is 2.27. The third kappa shape index (κ3) is 4.55. The molecule has 37 heavy (non-hydrogen) atoms. The predicted molar refractivity (Wildman–Crippen MR) is 131 cm³/mol. The minimum Gasteiger partial charge on any atom is -0.497 e. The standard InChI is InChI=1S/C25H19FN6O5/c1-14-11-22(32-21(29-14)9-10-28-32)37-20-8-3-15(12-19(20)26)30-23(33)18-13-27-25(35)31(24(18)34)16-4-6-17(36-2)7-5-16/h3-13H,1-2H3,(H,27,35)(H,30,33).